The normalized spacial score (nSPS) is 14.6. The van der Waals surface area contributed by atoms with Gasteiger partial charge in [-0.3, -0.25) is 4.79 Å². The summed E-state index contributed by atoms with van der Waals surface area (Å²) in [6.07, 6.45) is 5.27. The van der Waals surface area contributed by atoms with Crippen LogP contribution in [0.3, 0.4) is 0 Å². The van der Waals surface area contributed by atoms with Gasteiger partial charge in [0.05, 0.1) is 23.0 Å². The van der Waals surface area contributed by atoms with Gasteiger partial charge in [0.15, 0.2) is 0 Å². The molecule has 0 amide bonds. The van der Waals surface area contributed by atoms with Crippen molar-refractivity contribution in [3.63, 3.8) is 0 Å². The van der Waals surface area contributed by atoms with Crippen molar-refractivity contribution < 1.29 is 4.39 Å². The van der Waals surface area contributed by atoms with Crippen LogP contribution in [0.4, 0.5) is 10.1 Å². The van der Waals surface area contributed by atoms with Crippen LogP contribution >= 0.6 is 27.5 Å². The Morgan fingerprint density at radius 2 is 2.06 bits per heavy atom. The Balaban J connectivity index is 2.32. The number of hydrogen-bond acceptors (Lipinski definition) is 2. The first-order valence-corrected chi connectivity index (χ1v) is 10.6. The highest BCUT2D eigenvalue weighted by atomic mass is 79.9. The Bertz CT molecular complexity index is 1390. The van der Waals surface area contributed by atoms with Crippen LogP contribution < -0.4 is 11.3 Å². The standard InChI is InChI=1S/C24H20BrClFN3O/c1-4-5-6-10-24(3,26)19(13-27)22(28)30-21-14(2)16-9-11-29-23(31)20(16)18-12-15(25)7-8-17(18)21/h4-5,7-9,11-13H,1-3H3,(H2,28,30)(H,29,31)/b5-4-,19-13+. The Morgan fingerprint density at radius 3 is 2.74 bits per heavy atom. The van der Waals surface area contributed by atoms with E-state index in [0.29, 0.717) is 28.2 Å². The SMILES string of the molecule is C/C=C\C#CC(C)(Cl)/C(=C/F)C(N)=Nc1c(C)c2cc[nH]c(=O)c2c2cc(Br)ccc12. The van der Waals surface area contributed by atoms with Crippen LogP contribution in [-0.4, -0.2) is 15.7 Å². The number of nitrogens with two attached hydrogens (primary N) is 1. The second-order valence-corrected chi connectivity index (χ2v) is 8.72. The lowest BCUT2D eigenvalue weighted by atomic mass is 9.96. The van der Waals surface area contributed by atoms with E-state index >= 15 is 0 Å². The van der Waals surface area contributed by atoms with E-state index < -0.39 is 4.87 Å². The van der Waals surface area contributed by atoms with Gasteiger partial charge in [0.1, 0.15) is 10.7 Å². The molecule has 3 aromatic rings. The van der Waals surface area contributed by atoms with Crippen LogP contribution in [-0.2, 0) is 0 Å². The fourth-order valence-corrected chi connectivity index (χ4v) is 3.92. The number of nitrogens with zero attached hydrogens (tertiary/aromatic N) is 1. The molecule has 1 aromatic heterocycles. The summed E-state index contributed by atoms with van der Waals surface area (Å²) < 4.78 is 14.7. The van der Waals surface area contributed by atoms with Crippen molar-refractivity contribution in [2.75, 3.05) is 0 Å². The Kier molecular flexibility index (Phi) is 6.68. The molecule has 0 fully saturated rings. The maximum absolute atomic E-state index is 13.8. The van der Waals surface area contributed by atoms with Gasteiger partial charge >= 0.3 is 0 Å². The van der Waals surface area contributed by atoms with Crippen molar-refractivity contribution in [3.05, 3.63) is 74.9 Å². The molecule has 0 saturated heterocycles. The molecule has 1 atom stereocenters. The van der Waals surface area contributed by atoms with E-state index in [1.807, 2.05) is 38.1 Å². The number of aromatic amines is 1. The highest BCUT2D eigenvalue weighted by Crippen LogP contribution is 2.38. The smallest absolute Gasteiger partial charge is 0.256 e. The number of aryl methyl sites for hydroxylation is 1. The van der Waals surface area contributed by atoms with Crippen molar-refractivity contribution >= 4 is 60.6 Å². The monoisotopic (exact) mass is 499 g/mol. The van der Waals surface area contributed by atoms with E-state index in [2.05, 4.69) is 37.7 Å². The summed E-state index contributed by atoms with van der Waals surface area (Å²) in [6, 6.07) is 7.35. The van der Waals surface area contributed by atoms with Crippen molar-refractivity contribution in [3.8, 4) is 11.8 Å². The highest BCUT2D eigenvalue weighted by molar-refractivity contribution is 9.10. The van der Waals surface area contributed by atoms with E-state index in [1.54, 1.807) is 25.3 Å². The summed E-state index contributed by atoms with van der Waals surface area (Å²) in [5.41, 5.74) is 7.24. The summed E-state index contributed by atoms with van der Waals surface area (Å²) >= 11 is 9.92. The molecule has 0 bridgehead atoms. The first-order valence-electron chi connectivity index (χ1n) is 9.42. The number of amidine groups is 1. The lowest BCUT2D eigenvalue weighted by molar-refractivity contribution is 0.703. The van der Waals surface area contributed by atoms with E-state index in [-0.39, 0.29) is 17.0 Å². The fourth-order valence-electron chi connectivity index (χ4n) is 3.37. The van der Waals surface area contributed by atoms with Gasteiger partial charge in [0, 0.05) is 16.1 Å². The summed E-state index contributed by atoms with van der Waals surface area (Å²) in [5.74, 6) is 5.45. The first kappa shape index (κ1) is 22.8. The molecule has 4 nitrogen and oxygen atoms in total. The third kappa shape index (κ3) is 4.43. The van der Waals surface area contributed by atoms with Crippen molar-refractivity contribution in [1.29, 1.82) is 0 Å². The number of H-pyrrole nitrogens is 1. The van der Waals surface area contributed by atoms with Gasteiger partial charge in [0.2, 0.25) is 0 Å². The minimum absolute atomic E-state index is 0.0400. The topological polar surface area (TPSA) is 71.2 Å². The van der Waals surface area contributed by atoms with Gasteiger partial charge in [-0.2, -0.15) is 0 Å². The Labute approximate surface area is 192 Å². The van der Waals surface area contributed by atoms with Crippen LogP contribution in [0.1, 0.15) is 19.4 Å². The molecule has 1 unspecified atom stereocenters. The zero-order valence-electron chi connectivity index (χ0n) is 17.2. The average molecular weight is 501 g/mol. The number of aliphatic imine (C=N–C) groups is 1. The maximum Gasteiger partial charge on any atom is 0.256 e. The second-order valence-electron chi connectivity index (χ2n) is 7.05. The van der Waals surface area contributed by atoms with Crippen LogP contribution in [0.25, 0.3) is 21.5 Å². The third-order valence-corrected chi connectivity index (χ3v) is 5.70. The Hall–Kier alpha value is -2.88. The number of benzene rings is 2. The molecule has 3 rings (SSSR count). The molecular weight excluding hydrogens is 481 g/mol. The lowest BCUT2D eigenvalue weighted by Gasteiger charge is -2.19. The maximum atomic E-state index is 13.8. The molecule has 0 aliphatic carbocycles. The molecule has 0 aliphatic heterocycles. The molecule has 0 aliphatic rings. The average Bonchev–Trinajstić information content (AvgIpc) is 2.71. The quantitative estimate of drug-likeness (QED) is 0.148. The first-order chi connectivity index (χ1) is 14.7. The molecule has 0 saturated carbocycles. The molecule has 2 aromatic carbocycles. The summed E-state index contributed by atoms with van der Waals surface area (Å²) in [5, 5.41) is 2.70. The molecule has 1 heterocycles. The molecule has 7 heteroatoms. The van der Waals surface area contributed by atoms with Crippen molar-refractivity contribution in [2.45, 2.75) is 25.6 Å². The molecule has 158 valence electrons. The van der Waals surface area contributed by atoms with Crippen LogP contribution in [0, 0.1) is 18.8 Å². The van der Waals surface area contributed by atoms with Crippen LogP contribution in [0.5, 0.6) is 0 Å². The number of aromatic nitrogens is 1. The predicted octanol–water partition coefficient (Wildman–Crippen LogP) is 6.17. The zero-order valence-corrected chi connectivity index (χ0v) is 19.5. The van der Waals surface area contributed by atoms with Crippen molar-refractivity contribution in [2.24, 2.45) is 10.7 Å². The van der Waals surface area contributed by atoms with Gasteiger partial charge in [-0.05, 0) is 61.4 Å². The number of rotatable bonds is 3. The number of allylic oxidation sites excluding steroid dienone is 2. The molecular formula is C24H20BrClFN3O. The zero-order chi connectivity index (χ0) is 22.8. The minimum atomic E-state index is -1.37. The summed E-state index contributed by atoms with van der Waals surface area (Å²) in [6.45, 7) is 5.22. The highest BCUT2D eigenvalue weighted by Gasteiger charge is 2.27. The van der Waals surface area contributed by atoms with Gasteiger partial charge in [-0.25, -0.2) is 9.38 Å². The van der Waals surface area contributed by atoms with Gasteiger partial charge < -0.3 is 10.7 Å². The Morgan fingerprint density at radius 1 is 1.32 bits per heavy atom. The van der Waals surface area contributed by atoms with E-state index in [0.717, 1.165) is 15.4 Å². The molecule has 0 radical (unpaired) electrons. The fraction of sp³-hybridized carbons (Fsp3) is 0.167. The molecule has 3 N–H and O–H groups in total. The van der Waals surface area contributed by atoms with Crippen LogP contribution in [0.2, 0.25) is 0 Å². The second kappa shape index (κ2) is 9.09. The van der Waals surface area contributed by atoms with E-state index in [9.17, 15) is 9.18 Å². The van der Waals surface area contributed by atoms with Crippen molar-refractivity contribution in [1.82, 2.24) is 4.98 Å². The van der Waals surface area contributed by atoms with Crippen LogP contribution in [0.15, 0.2) is 68.8 Å². The number of halogens is 3. The molecule has 0 spiro atoms. The number of fused-ring (bicyclic) bond motifs is 3. The largest absolute Gasteiger partial charge is 0.383 e. The summed E-state index contributed by atoms with van der Waals surface area (Å²) in [7, 11) is 0. The number of hydrogen-bond donors (Lipinski definition) is 2. The predicted molar refractivity (Wildman–Crippen MR) is 132 cm³/mol. The van der Waals surface area contributed by atoms with Gasteiger partial charge in [-0.15, -0.1) is 0 Å². The number of pyridine rings is 1. The van der Waals surface area contributed by atoms with Gasteiger partial charge in [-0.1, -0.05) is 51.5 Å². The van der Waals surface area contributed by atoms with E-state index in [4.69, 9.17) is 17.3 Å². The third-order valence-electron chi connectivity index (χ3n) is 4.91. The van der Waals surface area contributed by atoms with Gasteiger partial charge in [0.25, 0.3) is 5.56 Å². The number of nitrogens with one attached hydrogen (secondary N) is 1. The van der Waals surface area contributed by atoms with E-state index in [1.165, 1.54) is 0 Å². The summed E-state index contributed by atoms with van der Waals surface area (Å²) in [4.78, 5) is 18.5. The molecule has 31 heavy (non-hydrogen) atoms. The lowest BCUT2D eigenvalue weighted by Crippen LogP contribution is -2.29. The minimum Gasteiger partial charge on any atom is -0.383 e. The number of alkyl halides is 1.